The minimum Gasteiger partial charge on any atom is -0.392 e. The molecule has 0 spiro atoms. The van der Waals surface area contributed by atoms with E-state index in [1.165, 1.54) is 56.9 Å². The van der Waals surface area contributed by atoms with Crippen LogP contribution in [-0.4, -0.2) is 11.7 Å². The van der Waals surface area contributed by atoms with Gasteiger partial charge in [0.1, 0.15) is 0 Å². The van der Waals surface area contributed by atoms with Crippen molar-refractivity contribution in [1.29, 1.82) is 0 Å². The van der Waals surface area contributed by atoms with Crippen molar-refractivity contribution in [2.75, 3.05) is 6.61 Å². The van der Waals surface area contributed by atoms with Crippen LogP contribution in [0, 0.1) is 17.8 Å². The topological polar surface area (TPSA) is 20.2 Å². The van der Waals surface area contributed by atoms with Crippen molar-refractivity contribution in [3.63, 3.8) is 0 Å². The molecule has 0 fully saturated rings. The zero-order valence-electron chi connectivity index (χ0n) is 15.7. The fourth-order valence-electron chi connectivity index (χ4n) is 2.97. The van der Waals surface area contributed by atoms with Crippen LogP contribution < -0.4 is 0 Å². The number of hydrogen-bond donors (Lipinski definition) is 1. The number of aliphatic hydroxyl groups is 1. The highest BCUT2D eigenvalue weighted by Crippen LogP contribution is 2.21. The molecule has 0 radical (unpaired) electrons. The van der Waals surface area contributed by atoms with Gasteiger partial charge >= 0.3 is 0 Å². The lowest BCUT2D eigenvalue weighted by atomic mass is 9.91. The molecular formula is C20H41BrO. The molecule has 0 aliphatic heterocycles. The van der Waals surface area contributed by atoms with Crippen LogP contribution in [0.5, 0.6) is 0 Å². The van der Waals surface area contributed by atoms with Gasteiger partial charge in [0.15, 0.2) is 0 Å². The van der Waals surface area contributed by atoms with Crippen LogP contribution in [0.15, 0.2) is 11.6 Å². The van der Waals surface area contributed by atoms with Gasteiger partial charge in [0.25, 0.3) is 0 Å². The predicted molar refractivity (Wildman–Crippen MR) is 106 cm³/mol. The van der Waals surface area contributed by atoms with Crippen LogP contribution in [0.3, 0.4) is 0 Å². The molecule has 0 aliphatic carbocycles. The first-order valence-corrected chi connectivity index (χ1v) is 9.22. The van der Waals surface area contributed by atoms with Gasteiger partial charge in [-0.15, -0.1) is 17.0 Å². The zero-order valence-corrected chi connectivity index (χ0v) is 17.4. The van der Waals surface area contributed by atoms with Crippen molar-refractivity contribution in [3.05, 3.63) is 11.6 Å². The Morgan fingerprint density at radius 3 is 1.73 bits per heavy atom. The minimum absolute atomic E-state index is 0. The molecule has 1 nitrogen and oxygen atoms in total. The second kappa shape index (κ2) is 16.1. The van der Waals surface area contributed by atoms with Gasteiger partial charge in [0, 0.05) is 0 Å². The van der Waals surface area contributed by atoms with E-state index in [1.54, 1.807) is 0 Å². The molecule has 0 saturated carbocycles. The molecule has 0 bridgehead atoms. The molecule has 0 saturated heterocycles. The average Bonchev–Trinajstić information content (AvgIpc) is 2.38. The fraction of sp³-hybridized carbons (Fsp3) is 0.900. The Morgan fingerprint density at radius 1 is 0.818 bits per heavy atom. The summed E-state index contributed by atoms with van der Waals surface area (Å²) in [5, 5.41) is 8.83. The van der Waals surface area contributed by atoms with Crippen LogP contribution in [0.1, 0.15) is 92.4 Å². The summed E-state index contributed by atoms with van der Waals surface area (Å²) in [6.45, 7) is 11.8. The maximum atomic E-state index is 8.83. The van der Waals surface area contributed by atoms with Gasteiger partial charge in [-0.1, -0.05) is 84.3 Å². The first-order valence-electron chi connectivity index (χ1n) is 9.22. The Bertz CT molecular complexity index is 260. The van der Waals surface area contributed by atoms with Crippen molar-refractivity contribution < 1.29 is 5.11 Å². The third kappa shape index (κ3) is 16.5. The number of allylic oxidation sites excluding steroid dienone is 1. The summed E-state index contributed by atoms with van der Waals surface area (Å²) in [4.78, 5) is 0. The van der Waals surface area contributed by atoms with E-state index in [0.29, 0.717) is 0 Å². The third-order valence-electron chi connectivity index (χ3n) is 4.58. The van der Waals surface area contributed by atoms with Crippen molar-refractivity contribution in [3.8, 4) is 0 Å². The van der Waals surface area contributed by atoms with Gasteiger partial charge < -0.3 is 5.11 Å². The summed E-state index contributed by atoms with van der Waals surface area (Å²) in [6, 6.07) is 0. The molecule has 134 valence electrons. The Morgan fingerprint density at radius 2 is 1.27 bits per heavy atom. The third-order valence-corrected chi connectivity index (χ3v) is 4.58. The number of rotatable bonds is 13. The molecule has 22 heavy (non-hydrogen) atoms. The Hall–Kier alpha value is 0.180. The van der Waals surface area contributed by atoms with Crippen LogP contribution in [0.2, 0.25) is 0 Å². The lowest BCUT2D eigenvalue weighted by molar-refractivity contribution is 0.341. The van der Waals surface area contributed by atoms with Crippen molar-refractivity contribution in [1.82, 2.24) is 0 Å². The highest BCUT2D eigenvalue weighted by Gasteiger charge is 2.06. The summed E-state index contributed by atoms with van der Waals surface area (Å²) in [6.07, 6.45) is 14.1. The van der Waals surface area contributed by atoms with Gasteiger partial charge in [-0.2, -0.15) is 0 Å². The normalized spacial score (nSPS) is 14.8. The van der Waals surface area contributed by atoms with Crippen molar-refractivity contribution in [2.24, 2.45) is 17.8 Å². The molecule has 0 unspecified atom stereocenters. The lowest BCUT2D eigenvalue weighted by Gasteiger charge is -2.15. The molecule has 0 aromatic heterocycles. The summed E-state index contributed by atoms with van der Waals surface area (Å²) in [7, 11) is 0. The quantitative estimate of drug-likeness (QED) is 0.345. The minimum atomic E-state index is 0. The van der Waals surface area contributed by atoms with E-state index < -0.39 is 0 Å². The lowest BCUT2D eigenvalue weighted by Crippen LogP contribution is -2.00. The Kier molecular flexibility index (Phi) is 17.8. The van der Waals surface area contributed by atoms with Gasteiger partial charge in [0.05, 0.1) is 6.61 Å². The van der Waals surface area contributed by atoms with E-state index in [4.69, 9.17) is 5.11 Å². The monoisotopic (exact) mass is 376 g/mol. The van der Waals surface area contributed by atoms with E-state index in [1.807, 2.05) is 6.08 Å². The smallest absolute Gasteiger partial charge is 0.0614 e. The first-order chi connectivity index (χ1) is 9.95. The van der Waals surface area contributed by atoms with E-state index in [9.17, 15) is 0 Å². The average molecular weight is 377 g/mol. The van der Waals surface area contributed by atoms with Crippen molar-refractivity contribution >= 4 is 17.0 Å². The van der Waals surface area contributed by atoms with Gasteiger partial charge in [-0.25, -0.2) is 0 Å². The largest absolute Gasteiger partial charge is 0.392 e. The van der Waals surface area contributed by atoms with E-state index in [0.717, 1.165) is 24.2 Å². The van der Waals surface area contributed by atoms with Crippen LogP contribution in [0.4, 0.5) is 0 Å². The van der Waals surface area contributed by atoms with E-state index in [2.05, 4.69) is 34.6 Å². The summed E-state index contributed by atoms with van der Waals surface area (Å²) in [5.74, 6) is 2.63. The molecule has 0 aliphatic rings. The number of halogens is 1. The Balaban J connectivity index is 0. The summed E-state index contributed by atoms with van der Waals surface area (Å²) in [5.41, 5.74) is 1.34. The molecule has 0 rings (SSSR count). The van der Waals surface area contributed by atoms with E-state index >= 15 is 0 Å². The molecule has 0 aromatic rings. The number of aliphatic hydroxyl groups excluding tert-OH is 1. The molecule has 2 heteroatoms. The molecule has 0 heterocycles. The molecule has 0 aromatic carbocycles. The summed E-state index contributed by atoms with van der Waals surface area (Å²) >= 11 is 0. The Labute approximate surface area is 150 Å². The van der Waals surface area contributed by atoms with Gasteiger partial charge in [-0.05, 0) is 37.5 Å². The van der Waals surface area contributed by atoms with Crippen LogP contribution in [-0.2, 0) is 0 Å². The second-order valence-electron chi connectivity index (χ2n) is 7.59. The highest BCUT2D eigenvalue weighted by molar-refractivity contribution is 8.93. The number of hydrogen-bond acceptors (Lipinski definition) is 1. The maximum Gasteiger partial charge on any atom is 0.0614 e. The molecule has 1 N–H and O–H groups in total. The zero-order chi connectivity index (χ0) is 16.1. The molecule has 0 amide bonds. The molecule has 2 atom stereocenters. The first kappa shape index (κ1) is 24.4. The highest BCUT2D eigenvalue weighted by atomic mass is 79.9. The van der Waals surface area contributed by atoms with Gasteiger partial charge in [-0.3, -0.25) is 0 Å². The SMILES string of the molecule is Br.C/C(=C\CO)CCC[C@H](C)CCC[C@H](C)CCCC(C)C. The maximum absolute atomic E-state index is 8.83. The van der Waals surface area contributed by atoms with Gasteiger partial charge in [0.2, 0.25) is 0 Å². The molecular weight excluding hydrogens is 336 g/mol. The summed E-state index contributed by atoms with van der Waals surface area (Å²) < 4.78 is 0. The predicted octanol–water partition coefficient (Wildman–Crippen LogP) is 6.94. The van der Waals surface area contributed by atoms with Crippen LogP contribution in [0.25, 0.3) is 0 Å². The standard InChI is InChI=1S/C20H40O.BrH/c1-17(2)9-6-10-18(3)11-7-12-19(4)13-8-14-20(5)15-16-21;/h15,17-19,21H,6-14,16H2,1-5H3;1H/b20-15+;/t18-,19-;/m1./s1. The fourth-order valence-corrected chi connectivity index (χ4v) is 2.97. The van der Waals surface area contributed by atoms with E-state index in [-0.39, 0.29) is 23.6 Å². The second-order valence-corrected chi connectivity index (χ2v) is 7.59. The van der Waals surface area contributed by atoms with Crippen LogP contribution >= 0.6 is 17.0 Å². The van der Waals surface area contributed by atoms with Crippen molar-refractivity contribution in [2.45, 2.75) is 92.4 Å².